The Bertz CT molecular complexity index is 537. The van der Waals surface area contributed by atoms with E-state index in [9.17, 15) is 4.79 Å². The number of rotatable bonds is 4. The lowest BCUT2D eigenvalue weighted by molar-refractivity contribution is 0.0697. The van der Waals surface area contributed by atoms with E-state index in [0.29, 0.717) is 5.56 Å². The predicted molar refractivity (Wildman–Crippen MR) is 88.0 cm³/mol. The van der Waals surface area contributed by atoms with Crippen LogP contribution < -0.4 is 0 Å². The topological polar surface area (TPSA) is 37.3 Å². The maximum Gasteiger partial charge on any atom is 0.335 e. The minimum Gasteiger partial charge on any atom is -0.478 e. The maximum atomic E-state index is 10.2. The van der Waals surface area contributed by atoms with Crippen molar-refractivity contribution in [2.45, 2.75) is 40.0 Å². The Morgan fingerprint density at radius 2 is 1.33 bits per heavy atom. The smallest absolute Gasteiger partial charge is 0.335 e. The molecule has 21 heavy (non-hydrogen) atoms. The van der Waals surface area contributed by atoms with Gasteiger partial charge >= 0.3 is 5.97 Å². The molecule has 112 valence electrons. The summed E-state index contributed by atoms with van der Waals surface area (Å²) in [5.41, 5.74) is 4.95. The average molecular weight is 284 g/mol. The van der Waals surface area contributed by atoms with Gasteiger partial charge in [0.1, 0.15) is 0 Å². The summed E-state index contributed by atoms with van der Waals surface area (Å²) in [7, 11) is 0. The van der Waals surface area contributed by atoms with Crippen LogP contribution >= 0.6 is 0 Å². The van der Waals surface area contributed by atoms with Crippen LogP contribution in [-0.4, -0.2) is 11.1 Å². The van der Waals surface area contributed by atoms with Crippen molar-refractivity contribution in [2.24, 2.45) is 0 Å². The van der Waals surface area contributed by atoms with Gasteiger partial charge in [-0.15, -0.1) is 0 Å². The summed E-state index contributed by atoms with van der Waals surface area (Å²) >= 11 is 0. The Morgan fingerprint density at radius 1 is 0.810 bits per heavy atom. The van der Waals surface area contributed by atoms with Crippen molar-refractivity contribution < 1.29 is 9.90 Å². The molecule has 0 aliphatic carbocycles. The first-order valence-corrected chi connectivity index (χ1v) is 7.51. The van der Waals surface area contributed by atoms with Crippen molar-refractivity contribution in [1.29, 1.82) is 0 Å². The molecule has 0 radical (unpaired) electrons. The Morgan fingerprint density at radius 3 is 1.67 bits per heavy atom. The molecule has 0 unspecified atom stereocenters. The summed E-state index contributed by atoms with van der Waals surface area (Å²) in [6.07, 6.45) is 3.50. The van der Waals surface area contributed by atoms with Crippen molar-refractivity contribution in [3.05, 3.63) is 70.8 Å². The monoisotopic (exact) mass is 284 g/mol. The van der Waals surface area contributed by atoms with Crippen LogP contribution in [0, 0.1) is 0 Å². The number of carboxylic acid groups (broad SMARTS) is 1. The van der Waals surface area contributed by atoms with Gasteiger partial charge in [0.2, 0.25) is 0 Å². The van der Waals surface area contributed by atoms with Crippen LogP contribution in [0.5, 0.6) is 0 Å². The molecule has 0 saturated heterocycles. The van der Waals surface area contributed by atoms with E-state index in [0.717, 1.165) is 12.8 Å². The van der Waals surface area contributed by atoms with Crippen LogP contribution in [0.4, 0.5) is 0 Å². The van der Waals surface area contributed by atoms with E-state index in [1.807, 2.05) is 0 Å². The molecule has 1 N–H and O–H groups in total. The molecule has 0 fully saturated rings. The average Bonchev–Trinajstić information content (AvgIpc) is 2.55. The van der Waals surface area contributed by atoms with E-state index in [1.54, 1.807) is 35.9 Å². The van der Waals surface area contributed by atoms with Crippen molar-refractivity contribution in [3.8, 4) is 0 Å². The summed E-state index contributed by atoms with van der Waals surface area (Å²) in [6.45, 7) is 6.70. The minimum absolute atomic E-state index is 0.331. The number of hydrogen-bond acceptors (Lipinski definition) is 1. The van der Waals surface area contributed by atoms with E-state index in [1.165, 1.54) is 17.5 Å². The molecule has 0 aromatic heterocycles. The van der Waals surface area contributed by atoms with E-state index < -0.39 is 5.97 Å². The van der Waals surface area contributed by atoms with E-state index >= 15 is 0 Å². The van der Waals surface area contributed by atoms with E-state index in [-0.39, 0.29) is 0 Å². The predicted octanol–water partition coefficient (Wildman–Crippen LogP) is 4.76. The molecule has 0 heterocycles. The van der Waals surface area contributed by atoms with Gasteiger partial charge in [-0.05, 0) is 48.1 Å². The van der Waals surface area contributed by atoms with Crippen molar-refractivity contribution in [2.75, 3.05) is 0 Å². The highest BCUT2D eigenvalue weighted by molar-refractivity contribution is 5.87. The number of carboxylic acids is 1. The van der Waals surface area contributed by atoms with Crippen molar-refractivity contribution in [1.82, 2.24) is 0 Å². The quantitative estimate of drug-likeness (QED) is 0.879. The molecule has 0 spiro atoms. The largest absolute Gasteiger partial charge is 0.478 e. The second kappa shape index (κ2) is 8.96. The molecule has 0 amide bonds. The van der Waals surface area contributed by atoms with Gasteiger partial charge < -0.3 is 5.11 Å². The zero-order valence-corrected chi connectivity index (χ0v) is 13.1. The highest BCUT2D eigenvalue weighted by Crippen LogP contribution is 2.16. The van der Waals surface area contributed by atoms with Gasteiger partial charge in [-0.2, -0.15) is 0 Å². The Kier molecular flexibility index (Phi) is 7.24. The van der Waals surface area contributed by atoms with Gasteiger partial charge in [-0.25, -0.2) is 4.79 Å². The highest BCUT2D eigenvalue weighted by Gasteiger charge is 2.02. The standard InChI is InChI=1S/C12H18.C7H6O2/c1-4-10-8-7-9-11(5-2)12(10)6-3;8-7(9)6-4-2-1-3-5-6/h7-9H,4-6H2,1-3H3;1-5H,(H,8,9). The van der Waals surface area contributed by atoms with E-state index in [4.69, 9.17) is 5.11 Å². The molecule has 0 atom stereocenters. The number of hydrogen-bond donors (Lipinski definition) is 1. The van der Waals surface area contributed by atoms with Gasteiger partial charge in [-0.1, -0.05) is 57.2 Å². The highest BCUT2D eigenvalue weighted by atomic mass is 16.4. The lowest BCUT2D eigenvalue weighted by Crippen LogP contribution is -1.96. The first kappa shape index (κ1) is 17.0. The van der Waals surface area contributed by atoms with Crippen molar-refractivity contribution >= 4 is 5.97 Å². The zero-order valence-electron chi connectivity index (χ0n) is 13.1. The second-order valence-electron chi connectivity index (χ2n) is 4.79. The Balaban J connectivity index is 0.000000219. The van der Waals surface area contributed by atoms with Gasteiger partial charge in [-0.3, -0.25) is 0 Å². The number of carbonyl (C=O) groups is 1. The first-order chi connectivity index (χ1) is 10.1. The zero-order chi connectivity index (χ0) is 15.7. The summed E-state index contributed by atoms with van der Waals surface area (Å²) < 4.78 is 0. The van der Waals surface area contributed by atoms with Crippen LogP contribution in [0.2, 0.25) is 0 Å². The third kappa shape index (κ3) is 5.07. The minimum atomic E-state index is -0.879. The van der Waals surface area contributed by atoms with E-state index in [2.05, 4.69) is 39.0 Å². The summed E-state index contributed by atoms with van der Waals surface area (Å²) in [5, 5.41) is 8.38. The molecule has 0 aliphatic heterocycles. The summed E-state index contributed by atoms with van der Waals surface area (Å²) in [4.78, 5) is 10.2. The van der Waals surface area contributed by atoms with Crippen LogP contribution in [0.3, 0.4) is 0 Å². The summed E-state index contributed by atoms with van der Waals surface area (Å²) in [5.74, 6) is -0.879. The van der Waals surface area contributed by atoms with Crippen LogP contribution in [-0.2, 0) is 19.3 Å². The maximum absolute atomic E-state index is 10.2. The molecule has 2 nitrogen and oxygen atoms in total. The molecular weight excluding hydrogens is 260 g/mol. The van der Waals surface area contributed by atoms with Crippen LogP contribution in [0.25, 0.3) is 0 Å². The Hall–Kier alpha value is -2.09. The van der Waals surface area contributed by atoms with Crippen LogP contribution in [0.1, 0.15) is 47.8 Å². The van der Waals surface area contributed by atoms with Gasteiger partial charge in [0.15, 0.2) is 0 Å². The SMILES string of the molecule is CCc1cccc(CC)c1CC.O=C(O)c1ccccc1. The number of benzene rings is 2. The molecule has 2 rings (SSSR count). The molecule has 0 saturated carbocycles. The lowest BCUT2D eigenvalue weighted by Gasteiger charge is -2.10. The number of aromatic carboxylic acids is 1. The van der Waals surface area contributed by atoms with Gasteiger partial charge in [0, 0.05) is 0 Å². The van der Waals surface area contributed by atoms with Gasteiger partial charge in [0.25, 0.3) is 0 Å². The molecule has 2 heteroatoms. The van der Waals surface area contributed by atoms with Crippen molar-refractivity contribution in [3.63, 3.8) is 0 Å². The van der Waals surface area contributed by atoms with Gasteiger partial charge in [0.05, 0.1) is 5.56 Å². The fourth-order valence-electron chi connectivity index (χ4n) is 2.39. The lowest BCUT2D eigenvalue weighted by atomic mass is 9.96. The molecule has 0 aliphatic rings. The molecule has 0 bridgehead atoms. The third-order valence-electron chi connectivity index (χ3n) is 3.51. The second-order valence-corrected chi connectivity index (χ2v) is 4.79. The molecule has 2 aromatic rings. The first-order valence-electron chi connectivity index (χ1n) is 7.51. The number of aryl methyl sites for hydroxylation is 2. The van der Waals surface area contributed by atoms with Crippen LogP contribution in [0.15, 0.2) is 48.5 Å². The molecule has 2 aromatic carbocycles. The fourth-order valence-corrected chi connectivity index (χ4v) is 2.39. The molecular formula is C19H24O2. The summed E-state index contributed by atoms with van der Waals surface area (Å²) in [6, 6.07) is 15.0. The normalized spacial score (nSPS) is 9.67. The fraction of sp³-hybridized carbons (Fsp3) is 0.316. The Labute approximate surface area is 127 Å². The third-order valence-corrected chi connectivity index (χ3v) is 3.51.